The highest BCUT2D eigenvalue weighted by Gasteiger charge is 2.44. The maximum absolute atomic E-state index is 12.0. The van der Waals surface area contributed by atoms with Crippen molar-refractivity contribution in [3.63, 3.8) is 0 Å². The fourth-order valence-electron chi connectivity index (χ4n) is 1.63. The third-order valence-corrected chi connectivity index (χ3v) is 3.18. The number of nitrogens with zero attached hydrogens (tertiary/aromatic N) is 1. The summed E-state index contributed by atoms with van der Waals surface area (Å²) >= 11 is 5.58. The maximum atomic E-state index is 12.0. The van der Waals surface area contributed by atoms with E-state index >= 15 is 0 Å². The largest absolute Gasteiger partial charge is 0.343 e. The van der Waals surface area contributed by atoms with Crippen molar-refractivity contribution < 1.29 is 9.59 Å². The Morgan fingerprint density at radius 1 is 1.56 bits per heavy atom. The van der Waals surface area contributed by atoms with E-state index in [0.29, 0.717) is 6.54 Å². The maximum Gasteiger partial charge on any atom is 0.246 e. The van der Waals surface area contributed by atoms with Crippen LogP contribution in [0.5, 0.6) is 0 Å². The van der Waals surface area contributed by atoms with Crippen LogP contribution in [-0.2, 0) is 9.59 Å². The van der Waals surface area contributed by atoms with E-state index in [1.807, 2.05) is 6.92 Å². The molecule has 2 amide bonds. The zero-order chi connectivity index (χ0) is 12.5. The summed E-state index contributed by atoms with van der Waals surface area (Å²) in [5.74, 6) is -0.218. The van der Waals surface area contributed by atoms with E-state index in [0.717, 1.165) is 5.57 Å². The van der Waals surface area contributed by atoms with Gasteiger partial charge in [0.15, 0.2) is 0 Å². The SMILES string of the molecule is CC(=CCl)CN1C(=O)C(C)NC(=O)C1(C)C. The summed E-state index contributed by atoms with van der Waals surface area (Å²) in [6.07, 6.45) is 0. The number of hydrogen-bond acceptors (Lipinski definition) is 2. The van der Waals surface area contributed by atoms with Gasteiger partial charge in [-0.3, -0.25) is 9.59 Å². The van der Waals surface area contributed by atoms with E-state index in [1.54, 1.807) is 25.7 Å². The molecule has 0 radical (unpaired) electrons. The van der Waals surface area contributed by atoms with Crippen molar-refractivity contribution in [1.82, 2.24) is 10.2 Å². The summed E-state index contributed by atoms with van der Waals surface area (Å²) in [4.78, 5) is 25.3. The van der Waals surface area contributed by atoms with Gasteiger partial charge in [-0.25, -0.2) is 0 Å². The van der Waals surface area contributed by atoms with Crippen molar-refractivity contribution in [2.24, 2.45) is 0 Å². The van der Waals surface area contributed by atoms with Gasteiger partial charge in [0.05, 0.1) is 0 Å². The first-order valence-corrected chi connectivity index (χ1v) is 5.62. The lowest BCUT2D eigenvalue weighted by molar-refractivity contribution is -0.154. The second-order valence-corrected chi connectivity index (χ2v) is 4.85. The summed E-state index contributed by atoms with van der Waals surface area (Å²) < 4.78 is 0. The number of nitrogens with one attached hydrogen (secondary N) is 1. The van der Waals surface area contributed by atoms with E-state index < -0.39 is 11.6 Å². The Morgan fingerprint density at radius 3 is 2.62 bits per heavy atom. The molecule has 1 aliphatic rings. The molecular formula is C11H17ClN2O2. The second-order valence-electron chi connectivity index (χ2n) is 4.63. The summed E-state index contributed by atoms with van der Waals surface area (Å²) in [5, 5.41) is 2.66. The molecule has 0 aromatic heterocycles. The van der Waals surface area contributed by atoms with E-state index in [-0.39, 0.29) is 11.8 Å². The highest BCUT2D eigenvalue weighted by atomic mass is 35.5. The molecule has 0 aromatic rings. The fraction of sp³-hybridized carbons (Fsp3) is 0.636. The molecule has 1 aliphatic heterocycles. The van der Waals surface area contributed by atoms with Crippen LogP contribution in [0.3, 0.4) is 0 Å². The Morgan fingerprint density at radius 2 is 2.12 bits per heavy atom. The van der Waals surface area contributed by atoms with Crippen LogP contribution in [-0.4, -0.2) is 34.8 Å². The minimum Gasteiger partial charge on any atom is -0.343 e. The Balaban J connectivity index is 3.00. The van der Waals surface area contributed by atoms with Gasteiger partial charge in [-0.05, 0) is 33.3 Å². The second kappa shape index (κ2) is 4.45. The van der Waals surface area contributed by atoms with Crippen LogP contribution in [0, 0.1) is 0 Å². The van der Waals surface area contributed by atoms with E-state index in [9.17, 15) is 9.59 Å². The average Bonchev–Trinajstić information content (AvgIpc) is 2.22. The molecule has 1 heterocycles. The molecule has 0 saturated carbocycles. The number of rotatable bonds is 2. The number of amides is 2. The van der Waals surface area contributed by atoms with Crippen LogP contribution in [0.2, 0.25) is 0 Å². The normalized spacial score (nSPS) is 25.7. The molecule has 1 N–H and O–H groups in total. The number of carbonyl (C=O) groups is 2. The highest BCUT2D eigenvalue weighted by molar-refractivity contribution is 6.25. The van der Waals surface area contributed by atoms with Gasteiger partial charge in [0.1, 0.15) is 11.6 Å². The third kappa shape index (κ3) is 2.21. The summed E-state index contributed by atoms with van der Waals surface area (Å²) in [5.41, 5.74) is 1.45. The Labute approximate surface area is 101 Å². The van der Waals surface area contributed by atoms with Gasteiger partial charge in [0.2, 0.25) is 11.8 Å². The number of carbonyl (C=O) groups excluding carboxylic acids is 2. The highest BCUT2D eigenvalue weighted by Crippen LogP contribution is 2.22. The van der Waals surface area contributed by atoms with Crippen LogP contribution >= 0.6 is 11.6 Å². The van der Waals surface area contributed by atoms with Crippen LogP contribution in [0.25, 0.3) is 0 Å². The number of halogens is 1. The Bertz CT molecular complexity index is 350. The van der Waals surface area contributed by atoms with Gasteiger partial charge in [-0.2, -0.15) is 0 Å². The summed E-state index contributed by atoms with van der Waals surface area (Å²) in [7, 11) is 0. The first-order chi connectivity index (χ1) is 7.30. The van der Waals surface area contributed by atoms with Gasteiger partial charge in [-0.15, -0.1) is 0 Å². The van der Waals surface area contributed by atoms with Crippen molar-refractivity contribution in [3.05, 3.63) is 11.1 Å². The molecule has 0 aliphatic carbocycles. The summed E-state index contributed by atoms with van der Waals surface area (Å²) in [6.45, 7) is 7.35. The van der Waals surface area contributed by atoms with E-state index in [1.165, 1.54) is 5.54 Å². The van der Waals surface area contributed by atoms with Crippen molar-refractivity contribution in [1.29, 1.82) is 0 Å². The predicted octanol–water partition coefficient (Wildman–Crippen LogP) is 1.25. The molecule has 90 valence electrons. The zero-order valence-electron chi connectivity index (χ0n) is 10.0. The monoisotopic (exact) mass is 244 g/mol. The summed E-state index contributed by atoms with van der Waals surface area (Å²) in [6, 6.07) is -0.469. The third-order valence-electron chi connectivity index (χ3n) is 2.81. The molecule has 1 unspecified atom stereocenters. The molecule has 1 fully saturated rings. The number of piperazine rings is 1. The predicted molar refractivity (Wildman–Crippen MR) is 63.0 cm³/mol. The van der Waals surface area contributed by atoms with Gasteiger partial charge in [-0.1, -0.05) is 11.6 Å². The zero-order valence-corrected chi connectivity index (χ0v) is 10.8. The molecular weight excluding hydrogens is 228 g/mol. The van der Waals surface area contributed by atoms with Crippen LogP contribution in [0.4, 0.5) is 0 Å². The van der Waals surface area contributed by atoms with Gasteiger partial charge >= 0.3 is 0 Å². The number of hydrogen-bond donors (Lipinski definition) is 1. The van der Waals surface area contributed by atoms with Crippen LogP contribution < -0.4 is 5.32 Å². The van der Waals surface area contributed by atoms with E-state index in [2.05, 4.69) is 5.32 Å². The van der Waals surface area contributed by atoms with E-state index in [4.69, 9.17) is 11.6 Å². The van der Waals surface area contributed by atoms with Crippen molar-refractivity contribution in [3.8, 4) is 0 Å². The average molecular weight is 245 g/mol. The molecule has 5 heteroatoms. The fourth-order valence-corrected chi connectivity index (χ4v) is 1.70. The van der Waals surface area contributed by atoms with Crippen LogP contribution in [0.15, 0.2) is 11.1 Å². The Kier molecular flexibility index (Phi) is 3.63. The first-order valence-electron chi connectivity index (χ1n) is 5.19. The van der Waals surface area contributed by atoms with Crippen molar-refractivity contribution >= 4 is 23.4 Å². The van der Waals surface area contributed by atoms with Gasteiger partial charge < -0.3 is 10.2 Å². The lowest BCUT2D eigenvalue weighted by Gasteiger charge is -2.43. The van der Waals surface area contributed by atoms with Crippen molar-refractivity contribution in [2.75, 3.05) is 6.54 Å². The molecule has 1 saturated heterocycles. The molecule has 1 rings (SSSR count). The molecule has 0 spiro atoms. The van der Waals surface area contributed by atoms with Gasteiger partial charge in [0, 0.05) is 12.1 Å². The van der Waals surface area contributed by atoms with Crippen molar-refractivity contribution in [2.45, 2.75) is 39.3 Å². The standard InChI is InChI=1S/C11H17ClN2O2/c1-7(5-12)6-14-9(15)8(2)13-10(16)11(14,3)4/h5,8H,6H2,1-4H3,(H,13,16). The lowest BCUT2D eigenvalue weighted by Crippen LogP contribution is -2.67. The Hall–Kier alpha value is -1.03. The minimum absolute atomic E-state index is 0.0810. The molecule has 4 nitrogen and oxygen atoms in total. The van der Waals surface area contributed by atoms with Crippen LogP contribution in [0.1, 0.15) is 27.7 Å². The quantitative estimate of drug-likeness (QED) is 0.795. The minimum atomic E-state index is -0.829. The lowest BCUT2D eigenvalue weighted by atomic mass is 9.95. The molecule has 0 bridgehead atoms. The first kappa shape index (κ1) is 13.0. The molecule has 16 heavy (non-hydrogen) atoms. The molecule has 1 atom stereocenters. The van der Waals surface area contributed by atoms with Gasteiger partial charge in [0.25, 0.3) is 0 Å². The molecule has 0 aromatic carbocycles. The topological polar surface area (TPSA) is 49.4 Å². The smallest absolute Gasteiger partial charge is 0.246 e.